The van der Waals surface area contributed by atoms with Gasteiger partial charge in [0.05, 0.1) is 6.61 Å². The minimum absolute atomic E-state index is 0.0242. The predicted octanol–water partition coefficient (Wildman–Crippen LogP) is -0.0938. The highest BCUT2D eigenvalue weighted by Crippen LogP contribution is 2.10. The molecule has 9 heavy (non-hydrogen) atoms. The maximum atomic E-state index is 8.55. The Hall–Kier alpha value is -0.380. The molecule has 1 rings (SSSR count). The SMILES string of the molecule is COC1C=CC(CO)O1. The van der Waals surface area contributed by atoms with Crippen molar-refractivity contribution < 1.29 is 14.6 Å². The highest BCUT2D eigenvalue weighted by atomic mass is 16.7. The van der Waals surface area contributed by atoms with Crippen LogP contribution < -0.4 is 0 Å². The van der Waals surface area contributed by atoms with Crippen LogP contribution in [0.1, 0.15) is 0 Å². The largest absolute Gasteiger partial charge is 0.393 e. The molecule has 0 fully saturated rings. The Labute approximate surface area is 53.9 Å². The third-order valence-corrected chi connectivity index (χ3v) is 1.20. The fourth-order valence-corrected chi connectivity index (χ4v) is 0.716. The van der Waals surface area contributed by atoms with Gasteiger partial charge in [0.2, 0.25) is 0 Å². The van der Waals surface area contributed by atoms with Gasteiger partial charge in [-0.1, -0.05) is 6.08 Å². The monoisotopic (exact) mass is 130 g/mol. The number of aliphatic hydroxyl groups excluding tert-OH is 1. The van der Waals surface area contributed by atoms with Crippen LogP contribution in [0.25, 0.3) is 0 Å². The first kappa shape index (κ1) is 6.74. The van der Waals surface area contributed by atoms with E-state index < -0.39 is 0 Å². The third kappa shape index (κ3) is 1.51. The van der Waals surface area contributed by atoms with Crippen LogP contribution in [0.3, 0.4) is 0 Å². The first-order valence-electron chi connectivity index (χ1n) is 2.84. The summed E-state index contributed by atoms with van der Waals surface area (Å²) in [6.45, 7) is 0.0242. The van der Waals surface area contributed by atoms with E-state index in [2.05, 4.69) is 0 Å². The second-order valence-electron chi connectivity index (χ2n) is 1.85. The summed E-state index contributed by atoms with van der Waals surface area (Å²) in [6.07, 6.45) is 3.13. The number of hydrogen-bond acceptors (Lipinski definition) is 3. The maximum absolute atomic E-state index is 8.55. The van der Waals surface area contributed by atoms with Gasteiger partial charge in [0.25, 0.3) is 0 Å². The maximum Gasteiger partial charge on any atom is 0.177 e. The van der Waals surface area contributed by atoms with Crippen LogP contribution in [-0.2, 0) is 9.47 Å². The zero-order chi connectivity index (χ0) is 6.69. The van der Waals surface area contributed by atoms with Crippen LogP contribution in [-0.4, -0.2) is 31.2 Å². The molecule has 2 atom stereocenters. The summed E-state index contributed by atoms with van der Waals surface area (Å²) in [5, 5.41) is 8.55. The molecule has 0 bridgehead atoms. The lowest BCUT2D eigenvalue weighted by molar-refractivity contribution is -0.107. The van der Waals surface area contributed by atoms with E-state index in [9.17, 15) is 0 Å². The first-order chi connectivity index (χ1) is 4.36. The molecule has 3 nitrogen and oxygen atoms in total. The Morgan fingerprint density at radius 1 is 1.67 bits per heavy atom. The van der Waals surface area contributed by atoms with Crippen molar-refractivity contribution in [1.29, 1.82) is 0 Å². The molecule has 0 aliphatic carbocycles. The smallest absolute Gasteiger partial charge is 0.177 e. The van der Waals surface area contributed by atoms with Crippen molar-refractivity contribution in [2.45, 2.75) is 12.4 Å². The van der Waals surface area contributed by atoms with Gasteiger partial charge < -0.3 is 14.6 Å². The van der Waals surface area contributed by atoms with Crippen LogP contribution in [0.2, 0.25) is 0 Å². The van der Waals surface area contributed by atoms with Crippen LogP contribution in [0.15, 0.2) is 12.2 Å². The first-order valence-corrected chi connectivity index (χ1v) is 2.84. The van der Waals surface area contributed by atoms with Crippen LogP contribution in [0.4, 0.5) is 0 Å². The zero-order valence-corrected chi connectivity index (χ0v) is 5.28. The van der Waals surface area contributed by atoms with Gasteiger partial charge in [-0.15, -0.1) is 0 Å². The van der Waals surface area contributed by atoms with Gasteiger partial charge in [0.1, 0.15) is 6.10 Å². The van der Waals surface area contributed by atoms with E-state index in [-0.39, 0.29) is 19.0 Å². The Balaban J connectivity index is 2.31. The van der Waals surface area contributed by atoms with Crippen molar-refractivity contribution in [1.82, 2.24) is 0 Å². The molecule has 52 valence electrons. The topological polar surface area (TPSA) is 38.7 Å². The van der Waals surface area contributed by atoms with Gasteiger partial charge in [0, 0.05) is 7.11 Å². The second kappa shape index (κ2) is 2.96. The molecule has 0 saturated heterocycles. The van der Waals surface area contributed by atoms with Gasteiger partial charge in [-0.05, 0) is 6.08 Å². The van der Waals surface area contributed by atoms with Crippen molar-refractivity contribution >= 4 is 0 Å². The van der Waals surface area contributed by atoms with Gasteiger partial charge in [-0.25, -0.2) is 0 Å². The van der Waals surface area contributed by atoms with Gasteiger partial charge in [-0.2, -0.15) is 0 Å². The van der Waals surface area contributed by atoms with Crippen LogP contribution in [0.5, 0.6) is 0 Å². The molecule has 0 amide bonds. The molecule has 1 aliphatic rings. The normalized spacial score (nSPS) is 33.6. The molecule has 0 aromatic heterocycles. The number of methoxy groups -OCH3 is 1. The van der Waals surface area contributed by atoms with Crippen LogP contribution in [0, 0.1) is 0 Å². The summed E-state index contributed by atoms with van der Waals surface area (Å²) >= 11 is 0. The Morgan fingerprint density at radius 3 is 2.78 bits per heavy atom. The average molecular weight is 130 g/mol. The summed E-state index contributed by atoms with van der Waals surface area (Å²) < 4.78 is 9.90. The van der Waals surface area contributed by atoms with E-state index in [4.69, 9.17) is 14.6 Å². The fourth-order valence-electron chi connectivity index (χ4n) is 0.716. The summed E-state index contributed by atoms with van der Waals surface area (Å²) in [5.41, 5.74) is 0. The molecule has 0 aromatic carbocycles. The number of rotatable bonds is 2. The quantitative estimate of drug-likeness (QED) is 0.531. The van der Waals surface area contributed by atoms with Crippen molar-refractivity contribution in [3.8, 4) is 0 Å². The van der Waals surface area contributed by atoms with E-state index in [0.29, 0.717) is 0 Å². The van der Waals surface area contributed by atoms with Crippen molar-refractivity contribution in [3.63, 3.8) is 0 Å². The molecular weight excluding hydrogens is 120 g/mol. The molecule has 0 aromatic rings. The molecule has 1 heterocycles. The Kier molecular flexibility index (Phi) is 2.22. The predicted molar refractivity (Wildman–Crippen MR) is 31.9 cm³/mol. The Morgan fingerprint density at radius 2 is 2.44 bits per heavy atom. The average Bonchev–Trinajstić information content (AvgIpc) is 2.34. The van der Waals surface area contributed by atoms with E-state index in [1.165, 1.54) is 0 Å². The highest BCUT2D eigenvalue weighted by Gasteiger charge is 2.16. The number of hydrogen-bond donors (Lipinski definition) is 1. The zero-order valence-electron chi connectivity index (χ0n) is 5.28. The summed E-state index contributed by atoms with van der Waals surface area (Å²) in [6, 6.07) is 0. The van der Waals surface area contributed by atoms with Crippen molar-refractivity contribution in [3.05, 3.63) is 12.2 Å². The summed E-state index contributed by atoms with van der Waals surface area (Å²) in [4.78, 5) is 0. The fraction of sp³-hybridized carbons (Fsp3) is 0.667. The highest BCUT2D eigenvalue weighted by molar-refractivity contribution is 4.98. The molecule has 0 spiro atoms. The molecule has 1 aliphatic heterocycles. The third-order valence-electron chi connectivity index (χ3n) is 1.20. The van der Waals surface area contributed by atoms with Gasteiger partial charge >= 0.3 is 0 Å². The lowest BCUT2D eigenvalue weighted by Gasteiger charge is -2.08. The standard InChI is InChI=1S/C6H10O3/c1-8-6-3-2-5(4-7)9-6/h2-3,5-7H,4H2,1H3. The Bertz CT molecular complexity index is 98.9. The lowest BCUT2D eigenvalue weighted by atomic mass is 10.4. The minimum atomic E-state index is -0.262. The molecule has 1 N–H and O–H groups in total. The molecular formula is C6H10O3. The van der Waals surface area contributed by atoms with E-state index in [0.717, 1.165) is 0 Å². The van der Waals surface area contributed by atoms with E-state index in [1.807, 2.05) is 0 Å². The van der Waals surface area contributed by atoms with E-state index >= 15 is 0 Å². The van der Waals surface area contributed by atoms with Gasteiger partial charge in [-0.3, -0.25) is 0 Å². The number of aliphatic hydroxyl groups is 1. The van der Waals surface area contributed by atoms with E-state index in [1.54, 1.807) is 19.3 Å². The second-order valence-corrected chi connectivity index (χ2v) is 1.85. The molecule has 3 heteroatoms. The van der Waals surface area contributed by atoms with Crippen molar-refractivity contribution in [2.24, 2.45) is 0 Å². The lowest BCUT2D eigenvalue weighted by Crippen LogP contribution is -2.16. The molecule has 2 unspecified atom stereocenters. The van der Waals surface area contributed by atoms with Gasteiger partial charge in [0.15, 0.2) is 6.29 Å². The number of ether oxygens (including phenoxy) is 2. The molecule has 0 saturated carbocycles. The summed E-state index contributed by atoms with van der Waals surface area (Å²) in [5.74, 6) is 0. The minimum Gasteiger partial charge on any atom is -0.393 e. The van der Waals surface area contributed by atoms with Crippen LogP contribution >= 0.6 is 0 Å². The summed E-state index contributed by atoms with van der Waals surface area (Å²) in [7, 11) is 1.56. The van der Waals surface area contributed by atoms with Crippen molar-refractivity contribution in [2.75, 3.05) is 13.7 Å². The molecule has 0 radical (unpaired) electrons.